The summed E-state index contributed by atoms with van der Waals surface area (Å²) in [6.45, 7) is 2.28. The summed E-state index contributed by atoms with van der Waals surface area (Å²) >= 11 is 3.82. The van der Waals surface area contributed by atoms with Crippen molar-refractivity contribution in [2.24, 2.45) is 0 Å². The lowest BCUT2D eigenvalue weighted by Crippen LogP contribution is -2.14. The molecule has 2 aromatic heterocycles. The largest absolute Gasteiger partial charge is 0.312 e. The minimum Gasteiger partial charge on any atom is -0.312 e. The molecular weight excluding hydrogens is 282 g/mol. The van der Waals surface area contributed by atoms with Gasteiger partial charge in [0.1, 0.15) is 0 Å². The molecule has 0 saturated heterocycles. The normalized spacial score (nSPS) is 13.1. The highest BCUT2D eigenvalue weighted by Gasteiger charge is 2.12. The molecule has 0 saturated carbocycles. The van der Waals surface area contributed by atoms with Crippen molar-refractivity contribution < 1.29 is 0 Å². The van der Waals surface area contributed by atoms with Gasteiger partial charge in [0.05, 0.1) is 0 Å². The Morgan fingerprint density at radius 2 is 1.80 bits per heavy atom. The van der Waals surface area contributed by atoms with Crippen LogP contribution < -0.4 is 5.32 Å². The van der Waals surface area contributed by atoms with Crippen molar-refractivity contribution in [2.45, 2.75) is 64.3 Å². The van der Waals surface area contributed by atoms with Gasteiger partial charge >= 0.3 is 0 Å². The van der Waals surface area contributed by atoms with Crippen LogP contribution in [0.2, 0.25) is 0 Å². The number of nitrogens with one attached hydrogen (secondary N) is 1. The monoisotopic (exact) mass is 309 g/mol. The second kappa shape index (κ2) is 8.81. The summed E-state index contributed by atoms with van der Waals surface area (Å²) < 4.78 is 2.90. The molecule has 1 unspecified atom stereocenters. The first-order valence-corrected chi connectivity index (χ1v) is 9.69. The Labute approximate surface area is 131 Å². The zero-order chi connectivity index (χ0) is 14.2. The van der Waals surface area contributed by atoms with E-state index in [1.54, 1.807) is 0 Å². The van der Waals surface area contributed by atoms with Crippen molar-refractivity contribution in [3.8, 4) is 0 Å². The standard InChI is InChI=1S/C17H27NS2/c1-3-4-5-6-7-8-9-10-14(18-2)16-13-17-15(20-16)11-12-19-17/h11-14,18H,3-10H2,1-2H3. The number of hydrogen-bond acceptors (Lipinski definition) is 3. The van der Waals surface area contributed by atoms with E-state index in [2.05, 4.69) is 36.8 Å². The van der Waals surface area contributed by atoms with Crippen LogP contribution in [0.4, 0.5) is 0 Å². The molecule has 2 rings (SSSR count). The van der Waals surface area contributed by atoms with E-state index in [0.29, 0.717) is 6.04 Å². The van der Waals surface area contributed by atoms with E-state index in [0.717, 1.165) is 0 Å². The van der Waals surface area contributed by atoms with Gasteiger partial charge in [-0.15, -0.1) is 22.7 Å². The second-order valence-electron chi connectivity index (χ2n) is 5.55. The third-order valence-corrected chi connectivity index (χ3v) is 6.15. The molecule has 0 aliphatic heterocycles. The predicted octanol–water partition coefficient (Wildman–Crippen LogP) is 6.36. The molecule has 0 aliphatic carbocycles. The quantitative estimate of drug-likeness (QED) is 0.503. The van der Waals surface area contributed by atoms with Gasteiger partial charge in [0.25, 0.3) is 0 Å². The van der Waals surface area contributed by atoms with Crippen LogP contribution in [-0.4, -0.2) is 7.05 Å². The highest BCUT2D eigenvalue weighted by molar-refractivity contribution is 7.26. The molecule has 2 aromatic rings. The van der Waals surface area contributed by atoms with Gasteiger partial charge in [-0.2, -0.15) is 0 Å². The maximum Gasteiger partial charge on any atom is 0.0454 e. The van der Waals surface area contributed by atoms with Crippen molar-refractivity contribution in [3.05, 3.63) is 22.4 Å². The summed E-state index contributed by atoms with van der Waals surface area (Å²) in [5.74, 6) is 0. The number of rotatable bonds is 10. The van der Waals surface area contributed by atoms with Crippen LogP contribution in [0.3, 0.4) is 0 Å². The predicted molar refractivity (Wildman–Crippen MR) is 94.1 cm³/mol. The molecule has 1 N–H and O–H groups in total. The van der Waals surface area contributed by atoms with Gasteiger partial charge < -0.3 is 5.32 Å². The van der Waals surface area contributed by atoms with Crippen LogP contribution in [0, 0.1) is 0 Å². The Balaban J connectivity index is 1.71. The van der Waals surface area contributed by atoms with Crippen LogP contribution in [-0.2, 0) is 0 Å². The smallest absolute Gasteiger partial charge is 0.0454 e. The minimum atomic E-state index is 0.551. The number of unbranched alkanes of at least 4 members (excludes halogenated alkanes) is 6. The Kier molecular flexibility index (Phi) is 7.05. The van der Waals surface area contributed by atoms with Crippen molar-refractivity contribution in [1.82, 2.24) is 5.32 Å². The van der Waals surface area contributed by atoms with Crippen LogP contribution in [0.15, 0.2) is 17.5 Å². The molecule has 1 atom stereocenters. The van der Waals surface area contributed by atoms with Gasteiger partial charge in [0.15, 0.2) is 0 Å². The molecule has 2 heterocycles. The summed E-state index contributed by atoms with van der Waals surface area (Å²) in [6, 6.07) is 5.18. The maximum absolute atomic E-state index is 3.50. The van der Waals surface area contributed by atoms with Gasteiger partial charge in [-0.3, -0.25) is 0 Å². The van der Waals surface area contributed by atoms with Gasteiger partial charge in [0.2, 0.25) is 0 Å². The molecule has 20 heavy (non-hydrogen) atoms. The first-order valence-electron chi connectivity index (χ1n) is 7.99. The van der Waals surface area contributed by atoms with Gasteiger partial charge in [-0.1, -0.05) is 51.9 Å². The number of fused-ring (bicyclic) bond motifs is 1. The van der Waals surface area contributed by atoms with E-state index in [4.69, 9.17) is 0 Å². The van der Waals surface area contributed by atoms with Gasteiger partial charge in [-0.05, 0) is 31.0 Å². The zero-order valence-electron chi connectivity index (χ0n) is 12.8. The third-order valence-electron chi connectivity index (χ3n) is 3.95. The molecule has 112 valence electrons. The van der Waals surface area contributed by atoms with Crippen molar-refractivity contribution in [3.63, 3.8) is 0 Å². The molecule has 0 spiro atoms. The van der Waals surface area contributed by atoms with E-state index in [-0.39, 0.29) is 0 Å². The summed E-state index contributed by atoms with van der Waals surface area (Å²) in [5, 5.41) is 5.69. The fourth-order valence-corrected chi connectivity index (χ4v) is 4.95. The highest BCUT2D eigenvalue weighted by Crippen LogP contribution is 2.34. The lowest BCUT2D eigenvalue weighted by Gasteiger charge is -2.14. The van der Waals surface area contributed by atoms with Crippen molar-refractivity contribution in [1.29, 1.82) is 0 Å². The molecule has 0 fully saturated rings. The van der Waals surface area contributed by atoms with E-state index in [9.17, 15) is 0 Å². The highest BCUT2D eigenvalue weighted by atomic mass is 32.1. The molecule has 0 aromatic carbocycles. The number of thiophene rings is 2. The van der Waals surface area contributed by atoms with Crippen molar-refractivity contribution >= 4 is 32.1 Å². The molecule has 3 heteroatoms. The summed E-state index contributed by atoms with van der Waals surface area (Å²) in [7, 11) is 2.10. The van der Waals surface area contributed by atoms with E-state index in [1.807, 2.05) is 22.7 Å². The Morgan fingerprint density at radius 1 is 1.05 bits per heavy atom. The third kappa shape index (κ3) is 4.57. The summed E-state index contributed by atoms with van der Waals surface area (Å²) in [5.41, 5.74) is 0. The van der Waals surface area contributed by atoms with Crippen LogP contribution in [0.5, 0.6) is 0 Å². The van der Waals surface area contributed by atoms with Crippen LogP contribution >= 0.6 is 22.7 Å². The average molecular weight is 310 g/mol. The van der Waals surface area contributed by atoms with E-state index in [1.165, 1.54) is 65.6 Å². The number of hydrogen-bond donors (Lipinski definition) is 1. The maximum atomic E-state index is 3.50. The van der Waals surface area contributed by atoms with Crippen LogP contribution in [0.1, 0.15) is 69.2 Å². The van der Waals surface area contributed by atoms with E-state index >= 15 is 0 Å². The topological polar surface area (TPSA) is 12.0 Å². The molecule has 1 nitrogen and oxygen atoms in total. The zero-order valence-corrected chi connectivity index (χ0v) is 14.4. The first kappa shape index (κ1) is 16.0. The molecule has 0 radical (unpaired) electrons. The Morgan fingerprint density at radius 3 is 2.50 bits per heavy atom. The lowest BCUT2D eigenvalue weighted by atomic mass is 10.0. The van der Waals surface area contributed by atoms with Crippen LogP contribution in [0.25, 0.3) is 9.40 Å². The van der Waals surface area contributed by atoms with Gasteiger partial charge in [0, 0.05) is 20.3 Å². The minimum absolute atomic E-state index is 0.551. The molecule has 0 amide bonds. The molecule has 0 aliphatic rings. The van der Waals surface area contributed by atoms with Crippen molar-refractivity contribution in [2.75, 3.05) is 7.05 Å². The first-order chi connectivity index (χ1) is 9.85. The lowest BCUT2D eigenvalue weighted by molar-refractivity contribution is 0.501. The average Bonchev–Trinajstić information content (AvgIpc) is 3.03. The fraction of sp³-hybridized carbons (Fsp3) is 0.647. The van der Waals surface area contributed by atoms with Gasteiger partial charge in [-0.25, -0.2) is 0 Å². The second-order valence-corrected chi connectivity index (χ2v) is 7.61. The molecule has 0 bridgehead atoms. The Hall–Kier alpha value is -0.380. The Bertz CT molecular complexity index is 457. The summed E-state index contributed by atoms with van der Waals surface area (Å²) in [4.78, 5) is 1.51. The molecular formula is C17H27NS2. The fourth-order valence-electron chi connectivity index (χ4n) is 2.69. The SMILES string of the molecule is CCCCCCCCCC(NC)c1cc2sccc2s1. The summed E-state index contributed by atoms with van der Waals surface area (Å²) in [6.07, 6.45) is 11.0. The van der Waals surface area contributed by atoms with E-state index < -0.39 is 0 Å².